The first-order chi connectivity index (χ1) is 12.4. The van der Waals surface area contributed by atoms with Crippen LogP contribution in [0.2, 0.25) is 5.02 Å². The van der Waals surface area contributed by atoms with Gasteiger partial charge in [0, 0.05) is 9.50 Å². The topological polar surface area (TPSA) is 82.4 Å². The molecule has 0 unspecified atom stereocenters. The van der Waals surface area contributed by atoms with Crippen molar-refractivity contribution in [1.29, 1.82) is 5.26 Å². The first-order valence-corrected chi connectivity index (χ1v) is 8.78. The van der Waals surface area contributed by atoms with Crippen LogP contribution in [0.3, 0.4) is 0 Å². The fourth-order valence-electron chi connectivity index (χ4n) is 2.14. The largest absolute Gasteiger partial charge is 0.546 e. The predicted octanol–water partition coefficient (Wildman–Crippen LogP) is 3.69. The molecule has 2 aromatic rings. The Morgan fingerprint density at radius 2 is 1.92 bits per heavy atom. The molecule has 0 saturated carbocycles. The summed E-state index contributed by atoms with van der Waals surface area (Å²) in [5.74, 6) is -0.691. The molecule has 0 atom stereocenters. The van der Waals surface area contributed by atoms with Gasteiger partial charge in [-0.15, -0.1) is 0 Å². The molecule has 0 aliphatic rings. The van der Waals surface area contributed by atoms with Crippen LogP contribution in [-0.2, 0) is 4.79 Å². The van der Waals surface area contributed by atoms with Crippen LogP contribution in [0, 0.1) is 11.3 Å². The van der Waals surface area contributed by atoms with Crippen LogP contribution in [-0.4, -0.2) is 19.2 Å². The van der Waals surface area contributed by atoms with Crippen LogP contribution >= 0.6 is 27.5 Å². The maximum absolute atomic E-state index is 10.6. The summed E-state index contributed by atoms with van der Waals surface area (Å²) in [7, 11) is 0. The number of rotatable bonds is 7. The standard InChI is InChI=1S/C19H15BrClNO4/c1-2-25-17-8-13(16(20)9-18(17)26-11-19(23)24)7-14(10-22)12-3-5-15(21)6-4-12/h3-9H,2,11H2,1H3,(H,23,24)/p-1/b14-7+. The summed E-state index contributed by atoms with van der Waals surface area (Å²) in [6.45, 7) is 1.58. The maximum Gasteiger partial charge on any atom is 0.162 e. The van der Waals surface area contributed by atoms with Crippen molar-refractivity contribution >= 4 is 45.1 Å². The predicted molar refractivity (Wildman–Crippen MR) is 101 cm³/mol. The number of nitriles is 1. The van der Waals surface area contributed by atoms with Crippen molar-refractivity contribution < 1.29 is 19.4 Å². The lowest BCUT2D eigenvalue weighted by molar-refractivity contribution is -0.307. The number of carbonyl (C=O) groups is 1. The molecule has 0 bridgehead atoms. The molecule has 0 fully saturated rings. The molecule has 134 valence electrons. The van der Waals surface area contributed by atoms with Crippen LogP contribution in [0.5, 0.6) is 11.5 Å². The molecule has 0 N–H and O–H groups in total. The van der Waals surface area contributed by atoms with E-state index in [4.69, 9.17) is 21.1 Å². The smallest absolute Gasteiger partial charge is 0.162 e. The molecule has 7 heteroatoms. The Balaban J connectivity index is 2.44. The summed E-state index contributed by atoms with van der Waals surface area (Å²) < 4.78 is 11.3. The minimum Gasteiger partial charge on any atom is -0.546 e. The number of carboxylic acids is 1. The lowest BCUT2D eigenvalue weighted by Crippen LogP contribution is -2.29. The third-order valence-corrected chi connectivity index (χ3v) is 4.22. The third kappa shape index (κ3) is 5.25. The van der Waals surface area contributed by atoms with Gasteiger partial charge in [0.2, 0.25) is 0 Å². The van der Waals surface area contributed by atoms with Gasteiger partial charge in [0.15, 0.2) is 11.5 Å². The number of allylic oxidation sites excluding steroid dienone is 1. The van der Waals surface area contributed by atoms with E-state index in [1.54, 1.807) is 49.4 Å². The highest BCUT2D eigenvalue weighted by molar-refractivity contribution is 9.10. The number of carboxylic acid groups (broad SMARTS) is 1. The van der Waals surface area contributed by atoms with Crippen molar-refractivity contribution in [2.75, 3.05) is 13.2 Å². The molecule has 5 nitrogen and oxygen atoms in total. The van der Waals surface area contributed by atoms with Gasteiger partial charge in [-0.3, -0.25) is 0 Å². The van der Waals surface area contributed by atoms with E-state index >= 15 is 0 Å². The summed E-state index contributed by atoms with van der Waals surface area (Å²) in [4.78, 5) is 10.6. The molecule has 0 aliphatic carbocycles. The normalized spacial score (nSPS) is 10.9. The van der Waals surface area contributed by atoms with Gasteiger partial charge in [0.25, 0.3) is 0 Å². The van der Waals surface area contributed by atoms with Crippen LogP contribution in [0.15, 0.2) is 40.9 Å². The number of hydrogen-bond donors (Lipinski definition) is 0. The van der Waals surface area contributed by atoms with E-state index < -0.39 is 12.6 Å². The van der Waals surface area contributed by atoms with Crippen LogP contribution in [0.25, 0.3) is 11.6 Å². The molecule has 0 saturated heterocycles. The molecule has 0 amide bonds. The molecule has 0 spiro atoms. The minimum atomic E-state index is -1.33. The quantitative estimate of drug-likeness (QED) is 0.489. The van der Waals surface area contributed by atoms with Crippen molar-refractivity contribution in [3.8, 4) is 17.6 Å². The van der Waals surface area contributed by atoms with Gasteiger partial charge < -0.3 is 19.4 Å². The van der Waals surface area contributed by atoms with Gasteiger partial charge in [0.05, 0.1) is 24.2 Å². The number of hydrogen-bond acceptors (Lipinski definition) is 5. The Morgan fingerprint density at radius 1 is 1.27 bits per heavy atom. The molecule has 0 heterocycles. The van der Waals surface area contributed by atoms with Crippen molar-refractivity contribution in [2.24, 2.45) is 0 Å². The van der Waals surface area contributed by atoms with E-state index in [-0.39, 0.29) is 5.75 Å². The number of ether oxygens (including phenoxy) is 2. The van der Waals surface area contributed by atoms with E-state index in [1.807, 2.05) is 0 Å². The van der Waals surface area contributed by atoms with Crippen molar-refractivity contribution in [1.82, 2.24) is 0 Å². The summed E-state index contributed by atoms with van der Waals surface area (Å²) >= 11 is 9.29. The Kier molecular flexibility index (Phi) is 7.07. The van der Waals surface area contributed by atoms with E-state index in [1.165, 1.54) is 0 Å². The van der Waals surface area contributed by atoms with E-state index in [0.717, 1.165) is 5.56 Å². The number of carbonyl (C=O) groups excluding carboxylic acids is 1. The summed E-state index contributed by atoms with van der Waals surface area (Å²) in [5.41, 5.74) is 1.84. The first kappa shape index (κ1) is 19.8. The van der Waals surface area contributed by atoms with Gasteiger partial charge >= 0.3 is 0 Å². The zero-order chi connectivity index (χ0) is 19.1. The Bertz CT molecular complexity index is 872. The van der Waals surface area contributed by atoms with Crippen LogP contribution in [0.1, 0.15) is 18.1 Å². The highest BCUT2D eigenvalue weighted by Crippen LogP contribution is 2.35. The maximum atomic E-state index is 10.6. The fourth-order valence-corrected chi connectivity index (χ4v) is 2.71. The lowest BCUT2D eigenvalue weighted by atomic mass is 10.0. The Hall–Kier alpha value is -2.49. The van der Waals surface area contributed by atoms with Gasteiger partial charge in [0.1, 0.15) is 6.61 Å². The van der Waals surface area contributed by atoms with E-state index in [2.05, 4.69) is 22.0 Å². The molecular formula is C19H14BrClNO4-. The van der Waals surface area contributed by atoms with Crippen molar-refractivity contribution in [3.05, 3.63) is 57.0 Å². The van der Waals surface area contributed by atoms with E-state index in [9.17, 15) is 15.2 Å². The Labute approximate surface area is 164 Å². The lowest BCUT2D eigenvalue weighted by Gasteiger charge is -2.14. The average Bonchev–Trinajstić information content (AvgIpc) is 2.61. The molecule has 2 aromatic carbocycles. The first-order valence-electron chi connectivity index (χ1n) is 7.61. The highest BCUT2D eigenvalue weighted by atomic mass is 79.9. The third-order valence-electron chi connectivity index (χ3n) is 3.28. The Morgan fingerprint density at radius 3 is 2.50 bits per heavy atom. The number of nitrogens with zero attached hydrogens (tertiary/aromatic N) is 1. The second-order valence-corrected chi connectivity index (χ2v) is 6.38. The average molecular weight is 436 g/mol. The number of aliphatic carboxylic acids is 1. The number of halogens is 2. The molecule has 26 heavy (non-hydrogen) atoms. The molecule has 0 aliphatic heterocycles. The molecule has 0 radical (unpaired) electrons. The van der Waals surface area contributed by atoms with Gasteiger partial charge in [-0.05, 0) is 48.4 Å². The van der Waals surface area contributed by atoms with Crippen LogP contribution < -0.4 is 14.6 Å². The fraction of sp³-hybridized carbons (Fsp3) is 0.158. The van der Waals surface area contributed by atoms with Gasteiger partial charge in [-0.2, -0.15) is 5.26 Å². The summed E-state index contributed by atoms with van der Waals surface area (Å²) in [5, 5.41) is 20.7. The van der Waals surface area contributed by atoms with Gasteiger partial charge in [-0.1, -0.05) is 39.7 Å². The van der Waals surface area contributed by atoms with E-state index in [0.29, 0.717) is 33.0 Å². The summed E-state index contributed by atoms with van der Waals surface area (Å²) in [6, 6.07) is 12.4. The zero-order valence-corrected chi connectivity index (χ0v) is 16.1. The highest BCUT2D eigenvalue weighted by Gasteiger charge is 2.11. The monoisotopic (exact) mass is 434 g/mol. The molecule has 2 rings (SSSR count). The van der Waals surface area contributed by atoms with Crippen molar-refractivity contribution in [2.45, 2.75) is 6.92 Å². The SMILES string of the molecule is CCOc1cc(/C=C(\C#N)c2ccc(Cl)cc2)c(Br)cc1OCC(=O)[O-]. The summed E-state index contributed by atoms with van der Waals surface area (Å²) in [6.07, 6.45) is 1.69. The second-order valence-electron chi connectivity index (χ2n) is 5.09. The zero-order valence-electron chi connectivity index (χ0n) is 13.8. The molecule has 0 aromatic heterocycles. The van der Waals surface area contributed by atoms with Crippen molar-refractivity contribution in [3.63, 3.8) is 0 Å². The number of benzene rings is 2. The minimum absolute atomic E-state index is 0.269. The van der Waals surface area contributed by atoms with Crippen LogP contribution in [0.4, 0.5) is 0 Å². The second kappa shape index (κ2) is 9.27. The van der Waals surface area contributed by atoms with Gasteiger partial charge in [-0.25, -0.2) is 0 Å². The molecular weight excluding hydrogens is 422 g/mol.